The van der Waals surface area contributed by atoms with Crippen LogP contribution in [0, 0.1) is 6.92 Å². The number of nitrogens with zero attached hydrogens (tertiary/aromatic N) is 5. The molecule has 0 bridgehead atoms. The van der Waals surface area contributed by atoms with Crippen LogP contribution in [0.1, 0.15) is 41.9 Å². The zero-order valence-corrected chi connectivity index (χ0v) is 18.2. The van der Waals surface area contributed by atoms with Gasteiger partial charge in [0.2, 0.25) is 0 Å². The molecule has 0 unspecified atom stereocenters. The lowest BCUT2D eigenvalue weighted by molar-refractivity contribution is 0.102. The molecule has 1 aromatic carbocycles. The Labute approximate surface area is 187 Å². The van der Waals surface area contributed by atoms with E-state index in [0.29, 0.717) is 17.1 Å². The van der Waals surface area contributed by atoms with E-state index in [0.717, 1.165) is 35.8 Å². The summed E-state index contributed by atoms with van der Waals surface area (Å²) in [5, 5.41) is 11.9. The first-order valence-electron chi connectivity index (χ1n) is 11.1. The molecular formula is C25H26N6O. The lowest BCUT2D eigenvalue weighted by Gasteiger charge is -2.20. The fraction of sp³-hybridized carbons (Fsp3) is 0.280. The molecule has 1 saturated heterocycles. The van der Waals surface area contributed by atoms with Crippen molar-refractivity contribution in [3.63, 3.8) is 0 Å². The lowest BCUT2D eigenvalue weighted by atomic mass is 10.1. The minimum Gasteiger partial charge on any atom is -0.355 e. The molecule has 1 N–H and O–H groups in total. The number of amides is 1. The summed E-state index contributed by atoms with van der Waals surface area (Å²) in [4.78, 5) is 19.8. The number of anilines is 2. The smallest absolute Gasteiger partial charge is 0.274 e. The molecule has 0 saturated carbocycles. The van der Waals surface area contributed by atoms with Crippen molar-refractivity contribution in [2.45, 2.75) is 32.6 Å². The van der Waals surface area contributed by atoms with Gasteiger partial charge in [-0.3, -0.25) is 9.20 Å². The fourth-order valence-electron chi connectivity index (χ4n) is 4.28. The van der Waals surface area contributed by atoms with Crippen LogP contribution in [0.15, 0.2) is 60.8 Å². The van der Waals surface area contributed by atoms with Crippen LogP contribution in [0.5, 0.6) is 0 Å². The third kappa shape index (κ3) is 4.06. The number of nitrogens with one attached hydrogen (secondary N) is 1. The van der Waals surface area contributed by atoms with E-state index in [2.05, 4.69) is 25.4 Å². The first-order valence-corrected chi connectivity index (χ1v) is 11.1. The predicted octanol–water partition coefficient (Wildman–Crippen LogP) is 4.73. The van der Waals surface area contributed by atoms with Gasteiger partial charge in [0.25, 0.3) is 5.91 Å². The Morgan fingerprint density at radius 3 is 2.56 bits per heavy atom. The van der Waals surface area contributed by atoms with Crippen molar-refractivity contribution >= 4 is 23.1 Å². The number of benzene rings is 1. The minimum atomic E-state index is -0.194. The summed E-state index contributed by atoms with van der Waals surface area (Å²) >= 11 is 0. The minimum absolute atomic E-state index is 0.194. The van der Waals surface area contributed by atoms with E-state index in [1.54, 1.807) is 0 Å². The molecule has 4 heterocycles. The molecule has 1 aliphatic rings. The quantitative estimate of drug-likeness (QED) is 0.510. The average Bonchev–Trinajstić information content (AvgIpc) is 2.97. The number of carbonyl (C=O) groups excluding carboxylic acids is 1. The Morgan fingerprint density at radius 2 is 1.78 bits per heavy atom. The Balaban J connectivity index is 1.35. The van der Waals surface area contributed by atoms with E-state index in [1.807, 2.05) is 72.1 Å². The van der Waals surface area contributed by atoms with Gasteiger partial charge in [-0.25, -0.2) is 4.98 Å². The second-order valence-corrected chi connectivity index (χ2v) is 8.19. The normalized spacial score (nSPS) is 14.3. The largest absolute Gasteiger partial charge is 0.355 e. The molecule has 0 spiro atoms. The molecule has 1 amide bonds. The van der Waals surface area contributed by atoms with Crippen molar-refractivity contribution in [1.82, 2.24) is 19.6 Å². The molecule has 7 heteroatoms. The maximum Gasteiger partial charge on any atom is 0.274 e. The summed E-state index contributed by atoms with van der Waals surface area (Å²) < 4.78 is 1.81. The molecule has 0 aliphatic carbocycles. The van der Waals surface area contributed by atoms with Crippen LogP contribution in [-0.2, 0) is 0 Å². The zero-order valence-electron chi connectivity index (χ0n) is 18.2. The highest BCUT2D eigenvalue weighted by molar-refractivity contribution is 6.04. The van der Waals surface area contributed by atoms with Gasteiger partial charge in [0, 0.05) is 30.5 Å². The third-order valence-corrected chi connectivity index (χ3v) is 5.92. The predicted molar refractivity (Wildman–Crippen MR) is 126 cm³/mol. The van der Waals surface area contributed by atoms with E-state index in [4.69, 9.17) is 0 Å². The summed E-state index contributed by atoms with van der Waals surface area (Å²) in [5.74, 6) is 0.740. The van der Waals surface area contributed by atoms with Gasteiger partial charge in [-0.2, -0.15) is 0 Å². The van der Waals surface area contributed by atoms with Crippen molar-refractivity contribution in [2.24, 2.45) is 0 Å². The zero-order chi connectivity index (χ0) is 21.9. The first-order chi connectivity index (χ1) is 15.7. The Hall–Kier alpha value is -3.74. The number of pyridine rings is 1. The fourth-order valence-corrected chi connectivity index (χ4v) is 4.28. The van der Waals surface area contributed by atoms with Gasteiger partial charge in [-0.15, -0.1) is 10.2 Å². The highest BCUT2D eigenvalue weighted by Crippen LogP contribution is 2.24. The molecule has 0 atom stereocenters. The van der Waals surface area contributed by atoms with Crippen molar-refractivity contribution in [3.05, 3.63) is 72.2 Å². The van der Waals surface area contributed by atoms with Gasteiger partial charge in [0.1, 0.15) is 11.3 Å². The highest BCUT2D eigenvalue weighted by Gasteiger charge is 2.17. The Kier molecular flexibility index (Phi) is 5.54. The van der Waals surface area contributed by atoms with Gasteiger partial charge in [-0.05, 0) is 56.2 Å². The summed E-state index contributed by atoms with van der Waals surface area (Å²) in [5.41, 5.74) is 4.38. The van der Waals surface area contributed by atoms with Crippen molar-refractivity contribution in [1.29, 1.82) is 0 Å². The summed E-state index contributed by atoms with van der Waals surface area (Å²) in [6, 6.07) is 17.4. The number of imidazole rings is 1. The molecule has 162 valence electrons. The summed E-state index contributed by atoms with van der Waals surface area (Å²) in [6.45, 7) is 3.93. The molecule has 0 radical (unpaired) electrons. The molecule has 7 nitrogen and oxygen atoms in total. The monoisotopic (exact) mass is 426 g/mol. The highest BCUT2D eigenvalue weighted by atomic mass is 16.2. The standard InChI is InChI=1S/C25H26N6O/c1-18-24(31-16-7-4-11-22(31)26-18)25(32)27-20-10-8-9-19(17-20)21-12-13-23(29-28-21)30-14-5-2-3-6-15-30/h4,7-13,16-17H,2-3,5-6,14-15H2,1H3,(H,27,32). The third-order valence-electron chi connectivity index (χ3n) is 5.92. The van der Waals surface area contributed by atoms with Gasteiger partial charge < -0.3 is 10.2 Å². The van der Waals surface area contributed by atoms with E-state index in [9.17, 15) is 4.79 Å². The summed E-state index contributed by atoms with van der Waals surface area (Å²) in [6.07, 6.45) is 6.83. The van der Waals surface area contributed by atoms with Gasteiger partial charge in [0.05, 0.1) is 11.4 Å². The first kappa shape index (κ1) is 20.2. The van der Waals surface area contributed by atoms with Crippen LogP contribution in [0.3, 0.4) is 0 Å². The molecule has 5 rings (SSSR count). The number of rotatable bonds is 4. The van der Waals surface area contributed by atoms with Crippen LogP contribution >= 0.6 is 0 Å². The number of hydrogen-bond acceptors (Lipinski definition) is 5. The van der Waals surface area contributed by atoms with Crippen LogP contribution in [-0.4, -0.2) is 38.6 Å². The molecule has 3 aromatic heterocycles. The number of aromatic nitrogens is 4. The molecule has 32 heavy (non-hydrogen) atoms. The average molecular weight is 427 g/mol. The van der Waals surface area contributed by atoms with Gasteiger partial charge in [0.15, 0.2) is 5.82 Å². The molecule has 1 aliphatic heterocycles. The number of fused-ring (bicyclic) bond motifs is 1. The number of carbonyl (C=O) groups is 1. The molecule has 1 fully saturated rings. The van der Waals surface area contributed by atoms with Gasteiger partial charge in [-0.1, -0.05) is 31.0 Å². The van der Waals surface area contributed by atoms with Crippen molar-refractivity contribution in [3.8, 4) is 11.3 Å². The van der Waals surface area contributed by atoms with E-state index in [1.165, 1.54) is 25.7 Å². The second-order valence-electron chi connectivity index (χ2n) is 8.19. The van der Waals surface area contributed by atoms with E-state index in [-0.39, 0.29) is 5.91 Å². The number of hydrogen-bond donors (Lipinski definition) is 1. The Bertz CT molecular complexity index is 1240. The SMILES string of the molecule is Cc1nc2ccccn2c1C(=O)Nc1cccc(-c2ccc(N3CCCCCC3)nn2)c1. The van der Waals surface area contributed by atoms with Crippen LogP contribution in [0.25, 0.3) is 16.9 Å². The van der Waals surface area contributed by atoms with E-state index >= 15 is 0 Å². The molecule has 4 aromatic rings. The van der Waals surface area contributed by atoms with Crippen LogP contribution in [0.2, 0.25) is 0 Å². The van der Waals surface area contributed by atoms with Crippen molar-refractivity contribution in [2.75, 3.05) is 23.3 Å². The maximum atomic E-state index is 13.0. The lowest BCUT2D eigenvalue weighted by Crippen LogP contribution is -2.25. The Morgan fingerprint density at radius 1 is 0.938 bits per heavy atom. The topological polar surface area (TPSA) is 75.4 Å². The van der Waals surface area contributed by atoms with Crippen molar-refractivity contribution < 1.29 is 4.79 Å². The summed E-state index contributed by atoms with van der Waals surface area (Å²) in [7, 11) is 0. The number of aryl methyl sites for hydroxylation is 1. The van der Waals surface area contributed by atoms with E-state index < -0.39 is 0 Å². The van der Waals surface area contributed by atoms with Crippen LogP contribution < -0.4 is 10.2 Å². The molecular weight excluding hydrogens is 400 g/mol. The van der Waals surface area contributed by atoms with Gasteiger partial charge >= 0.3 is 0 Å². The van der Waals surface area contributed by atoms with Crippen LogP contribution in [0.4, 0.5) is 11.5 Å². The second kappa shape index (κ2) is 8.78. The maximum absolute atomic E-state index is 13.0.